The van der Waals surface area contributed by atoms with Gasteiger partial charge >= 0.3 is 29.8 Å². The summed E-state index contributed by atoms with van der Waals surface area (Å²) in [6.45, 7) is 5.63. The van der Waals surface area contributed by atoms with Gasteiger partial charge in [0.25, 0.3) is 0 Å². The Morgan fingerprint density at radius 2 is 1.19 bits per heavy atom. The number of esters is 1. The number of rotatable bonds is 37. The summed E-state index contributed by atoms with van der Waals surface area (Å²) < 4.78 is 10.7. The van der Waals surface area contributed by atoms with Crippen LogP contribution in [0.1, 0.15) is 156 Å². The molecule has 0 bridgehead atoms. The van der Waals surface area contributed by atoms with Crippen LogP contribution in [-0.2, 0) is 112 Å². The standard InChI is InChI=1S/C72H109N17O26/c1-9-10-11-12-13-14-15-23-50(92)79-44(28-39-32-76-41-21-17-16-20-40(39)41)64(104)82-43(24-25-53(95)96)62(102)84-46(30-49(75)91)67(107)87-58-38(6)115-72(113)56(35(2)3)85-69(109)57(36(4)27-54(97)98)86-66(106)45(29-48(74)90)80-51(93)33-77-68(108)59(60(114-8)71(111)112)88-63(103)42(22-18-19-26-73)81-65(105)47(31-55(99)100)83-61(101)37(5)78-52(94)34-89(7)70(58)110/h16-17,20-21,32,35-38,42-47,56-60,76H,9-15,18-19,22-31,33-34,73H2,1-8H3,(H2,74,90)(H2,75,91)(H,77,108)(H,78,94)(H,79,92)(H,80,93)(H,81,105)(H,82,104)(H,83,101)(H,84,102)(H,85,109)(H,86,106)(H,87,107)(H,88,103)(H,95,96)(H,97,98)(H,99,100)(H,111,112). The molecule has 2 aromatic rings. The van der Waals surface area contributed by atoms with Crippen LogP contribution >= 0.6 is 0 Å². The molecule has 0 saturated carbocycles. The summed E-state index contributed by atoms with van der Waals surface area (Å²) in [5, 5.41) is 67.4. The molecular weight excluding hydrogens is 1520 g/mol. The number of hydrogen-bond donors (Lipinski definition) is 20. The van der Waals surface area contributed by atoms with E-state index in [4.69, 9.17) is 26.7 Å². The van der Waals surface area contributed by atoms with Gasteiger partial charge in [0.2, 0.25) is 88.6 Å². The number of H-pyrrole nitrogens is 1. The van der Waals surface area contributed by atoms with Crippen LogP contribution in [0.2, 0.25) is 0 Å². The Morgan fingerprint density at radius 3 is 1.79 bits per heavy atom. The smallest absolute Gasteiger partial charge is 0.335 e. The quantitative estimate of drug-likeness (QED) is 0.0222. The maximum atomic E-state index is 14.9. The van der Waals surface area contributed by atoms with E-state index in [1.54, 1.807) is 30.5 Å². The zero-order valence-electron chi connectivity index (χ0n) is 65.3. The Morgan fingerprint density at radius 1 is 0.600 bits per heavy atom. The van der Waals surface area contributed by atoms with Gasteiger partial charge in [0.05, 0.1) is 38.8 Å². The number of nitrogens with two attached hydrogens (primary N) is 3. The summed E-state index contributed by atoms with van der Waals surface area (Å²) in [5.74, 6) is -29.7. The van der Waals surface area contributed by atoms with E-state index in [0.29, 0.717) is 34.2 Å². The minimum atomic E-state index is -2.30. The number of ether oxygens (including phenoxy) is 2. The molecule has 115 heavy (non-hydrogen) atoms. The summed E-state index contributed by atoms with van der Waals surface area (Å²) in [7, 11) is 1.75. The molecule has 1 aliphatic rings. The van der Waals surface area contributed by atoms with Gasteiger partial charge in [0.1, 0.15) is 72.6 Å². The van der Waals surface area contributed by atoms with Crippen LogP contribution in [-0.4, -0.2) is 261 Å². The van der Waals surface area contributed by atoms with Gasteiger partial charge in [-0.3, -0.25) is 86.3 Å². The predicted octanol–water partition coefficient (Wildman–Crippen LogP) is -5.19. The van der Waals surface area contributed by atoms with E-state index in [9.17, 15) is 116 Å². The van der Waals surface area contributed by atoms with Crippen molar-refractivity contribution in [2.24, 2.45) is 29.0 Å². The number of carboxylic acids is 4. The average molecular weight is 1630 g/mol. The Balaban J connectivity index is 2.25. The summed E-state index contributed by atoms with van der Waals surface area (Å²) in [5.41, 5.74) is 17.9. The SMILES string of the molecule is CCCCCCCCCC(=O)NC(Cc1c[nH]c2ccccc12)C(=O)NC(CCC(=O)O)C(=O)NC(CC(N)=O)C(=O)NC1C(=O)N(C)CC(=O)NC(C)C(=O)NC(CC(=O)O)C(=O)NC(CCCCN)C(=O)NC(C(OC)C(=O)O)C(=O)NCC(=O)NC(CC(N)=O)C(=O)NC(C(C)CC(=O)O)C(=O)NC(C(C)C)C(=O)OC1C. The fraction of sp³-hybridized carbons (Fsp3) is 0.611. The molecule has 14 atom stereocenters. The zero-order chi connectivity index (χ0) is 86.5. The van der Waals surface area contributed by atoms with Crippen molar-refractivity contribution >= 4 is 129 Å². The van der Waals surface area contributed by atoms with Crippen molar-refractivity contribution in [3.8, 4) is 0 Å². The maximum absolute atomic E-state index is 14.9. The van der Waals surface area contributed by atoms with Crippen LogP contribution in [0.25, 0.3) is 10.9 Å². The molecule has 1 aromatic heterocycles. The molecule has 0 radical (unpaired) electrons. The number of aromatic amines is 1. The number of nitrogens with one attached hydrogen (secondary N) is 13. The summed E-state index contributed by atoms with van der Waals surface area (Å²) in [4.78, 5) is 277. The van der Waals surface area contributed by atoms with Crippen molar-refractivity contribution in [3.63, 3.8) is 0 Å². The van der Waals surface area contributed by atoms with Gasteiger partial charge in [0.15, 0.2) is 6.10 Å². The number of methoxy groups -OCH3 is 1. The van der Waals surface area contributed by atoms with Crippen LogP contribution in [0.5, 0.6) is 0 Å². The highest BCUT2D eigenvalue weighted by atomic mass is 16.5. The molecule has 0 spiro atoms. The topological polar surface area (TPSA) is 682 Å². The Bertz CT molecular complexity index is 3820. The lowest BCUT2D eigenvalue weighted by Gasteiger charge is -2.32. The van der Waals surface area contributed by atoms with E-state index in [2.05, 4.69) is 70.4 Å². The Labute approximate surface area is 661 Å². The molecule has 15 amide bonds. The molecule has 638 valence electrons. The number of aliphatic carboxylic acids is 4. The van der Waals surface area contributed by atoms with Crippen molar-refractivity contribution < 1.29 is 126 Å². The number of aromatic nitrogens is 1. The van der Waals surface area contributed by atoms with Gasteiger partial charge in [-0.05, 0) is 76.0 Å². The number of amides is 15. The van der Waals surface area contributed by atoms with Gasteiger partial charge in [-0.2, -0.15) is 0 Å². The first-order valence-electron chi connectivity index (χ1n) is 37.4. The van der Waals surface area contributed by atoms with Gasteiger partial charge in [0, 0.05) is 50.5 Å². The summed E-state index contributed by atoms with van der Waals surface area (Å²) in [6.07, 6.45) is -2.76. The second kappa shape index (κ2) is 48.9. The van der Waals surface area contributed by atoms with E-state index in [1.807, 2.05) is 5.32 Å². The van der Waals surface area contributed by atoms with Crippen LogP contribution < -0.4 is 81.0 Å². The third-order valence-corrected chi connectivity index (χ3v) is 18.3. The van der Waals surface area contributed by atoms with E-state index in [0.717, 1.165) is 67.0 Å². The fourth-order valence-electron chi connectivity index (χ4n) is 12.0. The Kier molecular flexibility index (Phi) is 41.3. The first-order chi connectivity index (χ1) is 54.1. The van der Waals surface area contributed by atoms with Gasteiger partial charge in [-0.15, -0.1) is 0 Å². The molecule has 1 fully saturated rings. The minimum Gasteiger partial charge on any atom is -0.481 e. The van der Waals surface area contributed by atoms with Crippen molar-refractivity contribution in [2.75, 3.05) is 33.8 Å². The van der Waals surface area contributed by atoms with Crippen molar-refractivity contribution in [3.05, 3.63) is 36.0 Å². The van der Waals surface area contributed by atoms with E-state index >= 15 is 0 Å². The predicted molar refractivity (Wildman–Crippen MR) is 402 cm³/mol. The highest BCUT2D eigenvalue weighted by Crippen LogP contribution is 2.21. The number of nitrogens with zero attached hydrogens (tertiary/aromatic N) is 1. The number of cyclic esters (lactones) is 1. The van der Waals surface area contributed by atoms with Gasteiger partial charge in [-0.25, -0.2) is 9.59 Å². The number of para-hydroxylation sites is 1. The third kappa shape index (κ3) is 33.7. The molecule has 3 rings (SSSR count). The number of benzene rings is 1. The molecule has 1 aromatic carbocycles. The van der Waals surface area contributed by atoms with E-state index in [-0.39, 0.29) is 38.6 Å². The fourth-order valence-corrected chi connectivity index (χ4v) is 12.0. The molecular formula is C72H109N17O26. The molecule has 43 nitrogen and oxygen atoms in total. The molecule has 2 heterocycles. The third-order valence-electron chi connectivity index (χ3n) is 18.3. The molecule has 14 unspecified atom stereocenters. The monoisotopic (exact) mass is 1630 g/mol. The first kappa shape index (κ1) is 97.3. The van der Waals surface area contributed by atoms with Crippen molar-refractivity contribution in [2.45, 2.75) is 236 Å². The lowest BCUT2D eigenvalue weighted by molar-refractivity contribution is -0.159. The molecule has 23 N–H and O–H groups in total. The number of likely N-dealkylation sites (N-methyl/N-ethyl adjacent to an activating group) is 1. The van der Waals surface area contributed by atoms with Gasteiger partial charge < -0.3 is 121 Å². The number of primary amides is 2. The molecule has 43 heteroatoms. The second-order valence-corrected chi connectivity index (χ2v) is 28.2. The number of unbranched alkanes of at least 4 members (excludes halogenated alkanes) is 7. The normalized spacial score (nSPS) is 21.7. The van der Waals surface area contributed by atoms with Crippen LogP contribution in [0.4, 0.5) is 0 Å². The van der Waals surface area contributed by atoms with E-state index in [1.165, 1.54) is 13.8 Å². The largest absolute Gasteiger partial charge is 0.481 e. The number of carboxylic acid groups (broad SMARTS) is 4. The molecule has 1 saturated heterocycles. The number of carbonyl (C=O) groups is 20. The lowest BCUT2D eigenvalue weighted by Crippen LogP contribution is -2.62. The summed E-state index contributed by atoms with van der Waals surface area (Å²) >= 11 is 0. The highest BCUT2D eigenvalue weighted by Gasteiger charge is 2.43. The zero-order valence-corrected chi connectivity index (χ0v) is 65.3. The number of fused-ring (bicyclic) bond motifs is 1. The lowest BCUT2D eigenvalue weighted by atomic mass is 9.95. The minimum absolute atomic E-state index is 0.00730. The van der Waals surface area contributed by atoms with Gasteiger partial charge in [-0.1, -0.05) is 84.4 Å². The van der Waals surface area contributed by atoms with Crippen molar-refractivity contribution in [1.82, 2.24) is 73.7 Å². The maximum Gasteiger partial charge on any atom is 0.335 e. The van der Waals surface area contributed by atoms with Crippen LogP contribution in [0, 0.1) is 11.8 Å². The highest BCUT2D eigenvalue weighted by molar-refractivity contribution is 6.02. The van der Waals surface area contributed by atoms with Crippen molar-refractivity contribution in [1.29, 1.82) is 0 Å². The number of carbonyl (C=O) groups excluding carboxylic acids is 16. The molecule has 1 aliphatic heterocycles. The average Bonchev–Trinajstić information content (AvgIpc) is 1.70. The van der Waals surface area contributed by atoms with E-state index < -0.39 is 261 Å². The van der Waals surface area contributed by atoms with Crippen LogP contribution in [0.3, 0.4) is 0 Å². The second-order valence-electron chi connectivity index (χ2n) is 28.2. The van der Waals surface area contributed by atoms with Crippen LogP contribution in [0.15, 0.2) is 30.5 Å². The first-order valence-corrected chi connectivity index (χ1v) is 37.4. The molecule has 0 aliphatic carbocycles. The number of hydrogen-bond acceptors (Lipinski definition) is 23. The summed E-state index contributed by atoms with van der Waals surface area (Å²) in [6, 6.07) is -14.7. The Hall–Kier alpha value is -11.9.